The predicted octanol–water partition coefficient (Wildman–Crippen LogP) is -1.05. The third-order valence-corrected chi connectivity index (χ3v) is 2.17. The molecule has 0 rings (SSSR count). The summed E-state index contributed by atoms with van der Waals surface area (Å²) in [4.78, 5) is 32.7. The molecule has 0 fully saturated rings. The van der Waals surface area contributed by atoms with Gasteiger partial charge in [-0.05, 0) is 25.8 Å². The van der Waals surface area contributed by atoms with Crippen LogP contribution in [0.15, 0.2) is 0 Å². The van der Waals surface area contributed by atoms with E-state index in [4.69, 9.17) is 16.6 Å². The Morgan fingerprint density at radius 1 is 1.18 bits per heavy atom. The van der Waals surface area contributed by atoms with Gasteiger partial charge in [0.15, 0.2) is 0 Å². The highest BCUT2D eigenvalue weighted by Gasteiger charge is 2.19. The molecular weight excluding hydrogens is 226 g/mol. The van der Waals surface area contributed by atoms with Gasteiger partial charge in [0.05, 0.1) is 0 Å². The van der Waals surface area contributed by atoms with E-state index in [1.54, 1.807) is 0 Å². The zero-order valence-corrected chi connectivity index (χ0v) is 9.65. The van der Waals surface area contributed by atoms with Gasteiger partial charge in [0, 0.05) is 12.8 Å². The van der Waals surface area contributed by atoms with Gasteiger partial charge in [0.25, 0.3) is 0 Å². The van der Waals surface area contributed by atoms with Crippen LogP contribution < -0.4 is 16.8 Å². The van der Waals surface area contributed by atoms with Gasteiger partial charge >= 0.3 is 5.97 Å². The van der Waals surface area contributed by atoms with Crippen molar-refractivity contribution in [3.8, 4) is 0 Å². The Morgan fingerprint density at radius 2 is 1.82 bits per heavy atom. The molecule has 0 aliphatic carbocycles. The summed E-state index contributed by atoms with van der Waals surface area (Å²) >= 11 is 0. The molecular formula is C10H19N3O4. The number of hydrogen-bond donors (Lipinski definition) is 4. The molecule has 0 radical (unpaired) electrons. The molecule has 0 saturated carbocycles. The molecule has 0 aromatic rings. The van der Waals surface area contributed by atoms with Gasteiger partial charge in [0.2, 0.25) is 11.8 Å². The van der Waals surface area contributed by atoms with E-state index in [1.807, 2.05) is 0 Å². The first kappa shape index (κ1) is 15.4. The van der Waals surface area contributed by atoms with Crippen molar-refractivity contribution in [3.63, 3.8) is 0 Å². The SMILES string of the molecule is NCCCCC(=O)N[C@@H](CCC(N)=O)C(=O)O. The first-order valence-corrected chi connectivity index (χ1v) is 5.48. The lowest BCUT2D eigenvalue weighted by Gasteiger charge is -2.13. The van der Waals surface area contributed by atoms with Gasteiger partial charge in [-0.2, -0.15) is 0 Å². The maximum atomic E-state index is 11.3. The van der Waals surface area contributed by atoms with Crippen LogP contribution in [0.3, 0.4) is 0 Å². The molecule has 0 spiro atoms. The average Bonchev–Trinajstić information content (AvgIpc) is 2.23. The van der Waals surface area contributed by atoms with Crippen LogP contribution in [0.25, 0.3) is 0 Å². The highest BCUT2D eigenvalue weighted by atomic mass is 16.4. The maximum absolute atomic E-state index is 11.3. The van der Waals surface area contributed by atoms with Gasteiger partial charge in [-0.3, -0.25) is 9.59 Å². The summed E-state index contributed by atoms with van der Waals surface area (Å²) in [5, 5.41) is 11.2. The van der Waals surface area contributed by atoms with Crippen molar-refractivity contribution in [2.75, 3.05) is 6.54 Å². The van der Waals surface area contributed by atoms with E-state index in [-0.39, 0.29) is 25.2 Å². The minimum absolute atomic E-state index is 0.00724. The minimum Gasteiger partial charge on any atom is -0.480 e. The van der Waals surface area contributed by atoms with Crippen LogP contribution in [0.2, 0.25) is 0 Å². The molecule has 0 aromatic heterocycles. The summed E-state index contributed by atoms with van der Waals surface area (Å²) in [5.74, 6) is -2.11. The highest BCUT2D eigenvalue weighted by Crippen LogP contribution is 2.00. The fourth-order valence-electron chi connectivity index (χ4n) is 1.24. The Morgan fingerprint density at radius 3 is 2.29 bits per heavy atom. The molecule has 0 saturated heterocycles. The first-order valence-electron chi connectivity index (χ1n) is 5.48. The number of hydrogen-bond acceptors (Lipinski definition) is 4. The molecule has 0 aromatic carbocycles. The smallest absolute Gasteiger partial charge is 0.326 e. The molecule has 0 bridgehead atoms. The van der Waals surface area contributed by atoms with Crippen LogP contribution in [0.5, 0.6) is 0 Å². The molecule has 0 aliphatic rings. The Kier molecular flexibility index (Phi) is 7.70. The summed E-state index contributed by atoms with van der Waals surface area (Å²) in [5.41, 5.74) is 10.2. The third kappa shape index (κ3) is 8.21. The average molecular weight is 245 g/mol. The normalized spacial score (nSPS) is 11.8. The second-order valence-corrected chi connectivity index (χ2v) is 3.71. The van der Waals surface area contributed by atoms with Gasteiger partial charge < -0.3 is 21.9 Å². The van der Waals surface area contributed by atoms with Crippen molar-refractivity contribution in [3.05, 3.63) is 0 Å². The Labute approximate surface area is 99.5 Å². The quantitative estimate of drug-likeness (QED) is 0.384. The van der Waals surface area contributed by atoms with Crippen LogP contribution >= 0.6 is 0 Å². The van der Waals surface area contributed by atoms with Gasteiger partial charge in [0.1, 0.15) is 6.04 Å². The maximum Gasteiger partial charge on any atom is 0.326 e. The molecule has 7 heteroatoms. The summed E-state index contributed by atoms with van der Waals surface area (Å²) in [6.45, 7) is 0.497. The number of nitrogens with two attached hydrogens (primary N) is 2. The van der Waals surface area contributed by atoms with Crippen LogP contribution in [0, 0.1) is 0 Å². The number of carbonyl (C=O) groups is 3. The van der Waals surface area contributed by atoms with E-state index in [1.165, 1.54) is 0 Å². The van der Waals surface area contributed by atoms with Gasteiger partial charge in [-0.25, -0.2) is 4.79 Å². The number of primary amides is 1. The summed E-state index contributed by atoms with van der Waals surface area (Å²) in [7, 11) is 0. The Hall–Kier alpha value is -1.63. The van der Waals surface area contributed by atoms with Crippen LogP contribution in [-0.4, -0.2) is 35.5 Å². The lowest BCUT2D eigenvalue weighted by atomic mass is 10.1. The molecule has 0 heterocycles. The van der Waals surface area contributed by atoms with E-state index in [0.717, 1.165) is 0 Å². The van der Waals surface area contributed by atoms with Crippen molar-refractivity contribution in [1.29, 1.82) is 0 Å². The second-order valence-electron chi connectivity index (χ2n) is 3.71. The van der Waals surface area contributed by atoms with E-state index < -0.39 is 17.9 Å². The zero-order valence-electron chi connectivity index (χ0n) is 9.65. The summed E-state index contributed by atoms with van der Waals surface area (Å²) in [6, 6.07) is -1.06. The van der Waals surface area contributed by atoms with Crippen molar-refractivity contribution in [2.45, 2.75) is 38.1 Å². The Balaban J connectivity index is 4.02. The molecule has 17 heavy (non-hydrogen) atoms. The van der Waals surface area contributed by atoms with Crippen LogP contribution in [0.1, 0.15) is 32.1 Å². The standard InChI is InChI=1S/C10H19N3O4/c11-6-2-1-3-9(15)13-7(10(16)17)4-5-8(12)14/h7H,1-6,11H2,(H2,12,14)(H,13,15)(H,16,17)/t7-/m0/s1. The van der Waals surface area contributed by atoms with E-state index >= 15 is 0 Å². The molecule has 6 N–H and O–H groups in total. The topological polar surface area (TPSA) is 136 Å². The van der Waals surface area contributed by atoms with Crippen LogP contribution in [0.4, 0.5) is 0 Å². The van der Waals surface area contributed by atoms with Crippen molar-refractivity contribution in [1.82, 2.24) is 5.32 Å². The molecule has 98 valence electrons. The van der Waals surface area contributed by atoms with Crippen molar-refractivity contribution < 1.29 is 19.5 Å². The number of aliphatic carboxylic acids is 1. The first-order chi connectivity index (χ1) is 7.97. The number of carboxylic acids is 1. The van der Waals surface area contributed by atoms with Crippen LogP contribution in [-0.2, 0) is 14.4 Å². The number of amides is 2. The third-order valence-electron chi connectivity index (χ3n) is 2.17. The second kappa shape index (κ2) is 8.51. The highest BCUT2D eigenvalue weighted by molar-refractivity contribution is 5.84. The van der Waals surface area contributed by atoms with Gasteiger partial charge in [-0.1, -0.05) is 0 Å². The molecule has 0 unspecified atom stereocenters. The fraction of sp³-hybridized carbons (Fsp3) is 0.700. The van der Waals surface area contributed by atoms with E-state index in [0.29, 0.717) is 19.4 Å². The van der Waals surface area contributed by atoms with E-state index in [2.05, 4.69) is 5.32 Å². The number of unbranched alkanes of at least 4 members (excludes halogenated alkanes) is 1. The van der Waals surface area contributed by atoms with Crippen molar-refractivity contribution >= 4 is 17.8 Å². The van der Waals surface area contributed by atoms with E-state index in [9.17, 15) is 14.4 Å². The number of carbonyl (C=O) groups excluding carboxylic acids is 2. The molecule has 7 nitrogen and oxygen atoms in total. The Bertz CT molecular complexity index is 281. The molecule has 2 amide bonds. The monoisotopic (exact) mass is 245 g/mol. The number of rotatable bonds is 9. The minimum atomic E-state index is -1.17. The lowest BCUT2D eigenvalue weighted by molar-refractivity contribution is -0.142. The molecule has 0 aliphatic heterocycles. The zero-order chi connectivity index (χ0) is 13.3. The lowest BCUT2D eigenvalue weighted by Crippen LogP contribution is -2.41. The molecule has 1 atom stereocenters. The predicted molar refractivity (Wildman–Crippen MR) is 60.9 cm³/mol. The fourth-order valence-corrected chi connectivity index (χ4v) is 1.24. The number of carboxylic acid groups (broad SMARTS) is 1. The summed E-state index contributed by atoms with van der Waals surface area (Å²) < 4.78 is 0. The summed E-state index contributed by atoms with van der Waals surface area (Å²) in [6.07, 6.45) is 1.50. The number of nitrogens with one attached hydrogen (secondary N) is 1. The largest absolute Gasteiger partial charge is 0.480 e. The van der Waals surface area contributed by atoms with Crippen molar-refractivity contribution in [2.24, 2.45) is 11.5 Å². The van der Waals surface area contributed by atoms with Gasteiger partial charge in [-0.15, -0.1) is 0 Å².